The van der Waals surface area contributed by atoms with E-state index in [4.69, 9.17) is 9.79 Å². The van der Waals surface area contributed by atoms with E-state index in [1.807, 2.05) is 18.2 Å². The zero-order chi connectivity index (χ0) is 24.2. The fourth-order valence-corrected chi connectivity index (χ4v) is 4.04. The highest BCUT2D eigenvalue weighted by Gasteiger charge is 2.20. The minimum Gasteiger partial charge on any atom is -0.347 e. The number of allylic oxidation sites excluding steroid dienone is 2. The van der Waals surface area contributed by atoms with Crippen LogP contribution in [0.4, 0.5) is 0 Å². The van der Waals surface area contributed by atoms with Crippen molar-refractivity contribution in [1.82, 2.24) is 5.32 Å². The summed E-state index contributed by atoms with van der Waals surface area (Å²) < 4.78 is 15.7. The summed E-state index contributed by atoms with van der Waals surface area (Å²) >= 11 is 0. The van der Waals surface area contributed by atoms with Crippen molar-refractivity contribution in [3.63, 3.8) is 0 Å². The number of nitrogens with one attached hydrogen (secondary N) is 1. The molecule has 0 bridgehead atoms. The maximum absolute atomic E-state index is 12.3. The van der Waals surface area contributed by atoms with Crippen molar-refractivity contribution in [3.8, 4) is 0 Å². The molecular formula is C26H44NO5P. The van der Waals surface area contributed by atoms with E-state index in [0.29, 0.717) is 6.42 Å². The molecule has 7 heteroatoms. The normalized spacial score (nSPS) is 12.8. The number of amides is 1. The van der Waals surface area contributed by atoms with E-state index >= 15 is 0 Å². The van der Waals surface area contributed by atoms with E-state index in [1.54, 1.807) is 12.1 Å². The average Bonchev–Trinajstić information content (AvgIpc) is 2.79. The van der Waals surface area contributed by atoms with E-state index in [1.165, 1.54) is 57.8 Å². The van der Waals surface area contributed by atoms with Crippen LogP contribution < -0.4 is 5.32 Å². The zero-order valence-corrected chi connectivity index (χ0v) is 21.2. The molecule has 0 aromatic heterocycles. The third-order valence-electron chi connectivity index (χ3n) is 5.61. The van der Waals surface area contributed by atoms with Gasteiger partial charge in [-0.05, 0) is 37.7 Å². The van der Waals surface area contributed by atoms with Gasteiger partial charge in [0.15, 0.2) is 0 Å². The highest BCUT2D eigenvalue weighted by atomic mass is 31.2. The molecule has 0 aliphatic carbocycles. The molecule has 1 amide bonds. The summed E-state index contributed by atoms with van der Waals surface area (Å²) in [7, 11) is -4.59. The van der Waals surface area contributed by atoms with Crippen LogP contribution in [-0.2, 0) is 13.9 Å². The van der Waals surface area contributed by atoms with Gasteiger partial charge in [0.2, 0.25) is 5.91 Å². The Balaban J connectivity index is 2.11. The summed E-state index contributed by atoms with van der Waals surface area (Å²) in [4.78, 5) is 30.3. The third-order valence-corrected chi connectivity index (χ3v) is 6.10. The average molecular weight is 482 g/mol. The molecular weight excluding hydrogens is 437 g/mol. The Labute approximate surface area is 200 Å². The Morgan fingerprint density at radius 1 is 0.909 bits per heavy atom. The molecule has 6 nitrogen and oxygen atoms in total. The van der Waals surface area contributed by atoms with Crippen LogP contribution in [0.5, 0.6) is 0 Å². The molecule has 0 fully saturated rings. The minimum atomic E-state index is -4.59. The van der Waals surface area contributed by atoms with Gasteiger partial charge >= 0.3 is 7.82 Å². The van der Waals surface area contributed by atoms with Gasteiger partial charge in [0.25, 0.3) is 0 Å². The van der Waals surface area contributed by atoms with E-state index in [-0.39, 0.29) is 12.5 Å². The lowest BCUT2D eigenvalue weighted by Gasteiger charge is -2.19. The first-order valence-electron chi connectivity index (χ1n) is 12.6. The quantitative estimate of drug-likeness (QED) is 0.106. The van der Waals surface area contributed by atoms with Crippen LogP contribution in [-0.4, -0.2) is 22.3 Å². The van der Waals surface area contributed by atoms with Gasteiger partial charge in [-0.2, -0.15) is 0 Å². The van der Waals surface area contributed by atoms with E-state index in [9.17, 15) is 9.36 Å². The maximum atomic E-state index is 12.3. The third kappa shape index (κ3) is 17.7. The molecule has 0 saturated heterocycles. The van der Waals surface area contributed by atoms with Crippen LogP contribution in [0, 0.1) is 0 Å². The fourth-order valence-electron chi connectivity index (χ4n) is 3.70. The summed E-state index contributed by atoms with van der Waals surface area (Å²) in [6, 6.07) is 8.49. The van der Waals surface area contributed by atoms with Crippen molar-refractivity contribution in [2.45, 2.75) is 103 Å². The van der Waals surface area contributed by atoms with Gasteiger partial charge < -0.3 is 15.1 Å². The Morgan fingerprint density at radius 3 is 2.03 bits per heavy atom. The van der Waals surface area contributed by atoms with Gasteiger partial charge in [-0.1, -0.05) is 101 Å². The molecule has 188 valence electrons. The number of phosphoric ester groups is 1. The first-order valence-corrected chi connectivity index (χ1v) is 14.1. The van der Waals surface area contributed by atoms with Crippen molar-refractivity contribution in [1.29, 1.82) is 0 Å². The summed E-state index contributed by atoms with van der Waals surface area (Å²) in [5.41, 5.74) is 0.754. The minimum absolute atomic E-state index is 0.129. The molecule has 0 saturated carbocycles. The summed E-state index contributed by atoms with van der Waals surface area (Å²) in [5.74, 6) is -0.129. The number of phosphoric acid groups is 1. The molecule has 3 N–H and O–H groups in total. The number of rotatable bonds is 20. The number of hydrogen-bond donors (Lipinski definition) is 3. The van der Waals surface area contributed by atoms with Gasteiger partial charge in [-0.25, -0.2) is 4.57 Å². The lowest BCUT2D eigenvalue weighted by atomic mass is 10.1. The molecule has 33 heavy (non-hydrogen) atoms. The molecule has 1 rings (SSSR count). The van der Waals surface area contributed by atoms with Crippen LogP contribution in [0.2, 0.25) is 0 Å². The van der Waals surface area contributed by atoms with E-state index in [0.717, 1.165) is 31.2 Å². The van der Waals surface area contributed by atoms with Crippen molar-refractivity contribution in [2.24, 2.45) is 0 Å². The van der Waals surface area contributed by atoms with Gasteiger partial charge in [-0.3, -0.25) is 9.32 Å². The first-order chi connectivity index (χ1) is 15.9. The molecule has 0 radical (unpaired) electrons. The smallest absolute Gasteiger partial charge is 0.347 e. The van der Waals surface area contributed by atoms with Crippen LogP contribution in [0.1, 0.15) is 108 Å². The summed E-state index contributed by atoms with van der Waals surface area (Å²) in [6.45, 7) is 1.98. The highest BCUT2D eigenvalue weighted by Crippen LogP contribution is 2.37. The largest absolute Gasteiger partial charge is 0.469 e. The number of hydrogen-bond acceptors (Lipinski definition) is 3. The van der Waals surface area contributed by atoms with E-state index < -0.39 is 13.9 Å². The van der Waals surface area contributed by atoms with Crippen molar-refractivity contribution < 1.29 is 23.7 Å². The number of carbonyl (C=O) groups is 1. The van der Waals surface area contributed by atoms with Crippen LogP contribution in [0.15, 0.2) is 42.5 Å². The number of benzene rings is 1. The Hall–Kier alpha value is -1.46. The van der Waals surface area contributed by atoms with Gasteiger partial charge in [0, 0.05) is 6.42 Å². The monoisotopic (exact) mass is 481 g/mol. The molecule has 1 atom stereocenters. The molecule has 1 aromatic rings. The van der Waals surface area contributed by atoms with Gasteiger partial charge in [0.05, 0.1) is 12.6 Å². The topological polar surface area (TPSA) is 95.9 Å². The van der Waals surface area contributed by atoms with Crippen LogP contribution >= 0.6 is 7.82 Å². The van der Waals surface area contributed by atoms with Crippen LogP contribution in [0.3, 0.4) is 0 Å². The second kappa shape index (κ2) is 18.9. The molecule has 0 aliphatic heterocycles. The molecule has 0 unspecified atom stereocenters. The lowest BCUT2D eigenvalue weighted by molar-refractivity contribution is -0.122. The predicted octanol–water partition coefficient (Wildman–Crippen LogP) is 6.99. The number of unbranched alkanes of at least 4 members (excludes halogenated alkanes) is 11. The second-order valence-electron chi connectivity index (χ2n) is 8.65. The van der Waals surface area contributed by atoms with E-state index in [2.05, 4.69) is 28.9 Å². The van der Waals surface area contributed by atoms with Crippen molar-refractivity contribution >= 4 is 13.7 Å². The molecule has 0 heterocycles. The predicted molar refractivity (Wildman–Crippen MR) is 135 cm³/mol. The van der Waals surface area contributed by atoms with Crippen molar-refractivity contribution in [2.75, 3.05) is 6.61 Å². The fraction of sp³-hybridized carbons (Fsp3) is 0.654. The Kier molecular flexibility index (Phi) is 16.9. The molecule has 0 aliphatic rings. The van der Waals surface area contributed by atoms with Crippen LogP contribution in [0.25, 0.3) is 0 Å². The van der Waals surface area contributed by atoms with Crippen molar-refractivity contribution in [3.05, 3.63) is 48.0 Å². The lowest BCUT2D eigenvalue weighted by Crippen LogP contribution is -2.31. The zero-order valence-electron chi connectivity index (χ0n) is 20.3. The number of carbonyl (C=O) groups excluding carboxylic acids is 1. The van der Waals surface area contributed by atoms with Gasteiger partial charge in [0.1, 0.15) is 0 Å². The first kappa shape index (κ1) is 29.6. The Morgan fingerprint density at radius 2 is 1.45 bits per heavy atom. The highest BCUT2D eigenvalue weighted by molar-refractivity contribution is 7.46. The Bertz CT molecular complexity index is 689. The molecule has 1 aromatic carbocycles. The summed E-state index contributed by atoms with van der Waals surface area (Å²) in [6.07, 6.45) is 20.7. The van der Waals surface area contributed by atoms with Gasteiger partial charge in [-0.15, -0.1) is 0 Å². The standard InChI is InChI=1S/C26H44NO5P/c1-2-3-4-5-6-7-8-9-10-11-12-13-14-15-19-22-26(28)27-25(23-32-33(29,30)31)24-20-17-16-18-21-24/h9-10,16-18,20-21,25H,2-8,11-15,19,22-23H2,1H3,(H,27,28)(H2,29,30,31)/b10-9-/t25-/m0/s1. The summed E-state index contributed by atoms with van der Waals surface area (Å²) in [5, 5.41) is 2.84. The SMILES string of the molecule is CCCCCCCC/C=C\CCCCCCCC(=O)N[C@@H](COP(=O)(O)O)c1ccccc1. The second-order valence-corrected chi connectivity index (χ2v) is 9.89. The molecule has 0 spiro atoms. The maximum Gasteiger partial charge on any atom is 0.469 e.